The summed E-state index contributed by atoms with van der Waals surface area (Å²) < 4.78 is 12.7. The number of Topliss-reactive ketones (excluding diaryl/α,β-unsaturated/α-hetero) is 1. The molecule has 0 atom stereocenters. The van der Waals surface area contributed by atoms with Gasteiger partial charge in [0.2, 0.25) is 0 Å². The number of hydrogen-bond donors (Lipinski definition) is 0. The van der Waals surface area contributed by atoms with Gasteiger partial charge >= 0.3 is 0 Å². The van der Waals surface area contributed by atoms with Gasteiger partial charge in [-0.25, -0.2) is 4.39 Å². The summed E-state index contributed by atoms with van der Waals surface area (Å²) >= 11 is 0. The van der Waals surface area contributed by atoms with Crippen molar-refractivity contribution in [2.75, 3.05) is 13.1 Å². The molecule has 0 aromatic heterocycles. The third kappa shape index (κ3) is 4.27. The third-order valence-corrected chi connectivity index (χ3v) is 2.75. The molecule has 0 aliphatic carbocycles. The lowest BCUT2D eigenvalue weighted by Gasteiger charge is -2.25. The van der Waals surface area contributed by atoms with Gasteiger partial charge in [-0.1, -0.05) is 6.92 Å². The minimum atomic E-state index is -0.309. The van der Waals surface area contributed by atoms with Gasteiger partial charge < -0.3 is 0 Å². The number of halogens is 1. The molecule has 3 heteroatoms. The van der Waals surface area contributed by atoms with Gasteiger partial charge in [0.05, 0.1) is 6.54 Å². The highest BCUT2D eigenvalue weighted by molar-refractivity contribution is 5.97. The number of benzene rings is 1. The van der Waals surface area contributed by atoms with Crippen molar-refractivity contribution in [3.05, 3.63) is 35.6 Å². The number of hydrogen-bond acceptors (Lipinski definition) is 2. The molecule has 0 saturated carbocycles. The van der Waals surface area contributed by atoms with Crippen molar-refractivity contribution in [1.29, 1.82) is 0 Å². The highest BCUT2D eigenvalue weighted by atomic mass is 19.1. The molecule has 0 heterocycles. The molecule has 0 saturated heterocycles. The third-order valence-electron chi connectivity index (χ3n) is 2.75. The smallest absolute Gasteiger partial charge is 0.176 e. The molecule has 0 aliphatic heterocycles. The van der Waals surface area contributed by atoms with Gasteiger partial charge in [-0.05, 0) is 51.1 Å². The van der Waals surface area contributed by atoms with E-state index in [4.69, 9.17) is 0 Å². The lowest BCUT2D eigenvalue weighted by atomic mass is 10.1. The van der Waals surface area contributed by atoms with Crippen molar-refractivity contribution in [2.24, 2.45) is 0 Å². The quantitative estimate of drug-likeness (QED) is 0.708. The van der Waals surface area contributed by atoms with Crippen molar-refractivity contribution in [3.8, 4) is 0 Å². The molecule has 17 heavy (non-hydrogen) atoms. The second-order valence-corrected chi connectivity index (χ2v) is 4.49. The van der Waals surface area contributed by atoms with Crippen LogP contribution in [0.3, 0.4) is 0 Å². The molecule has 1 aromatic rings. The highest BCUT2D eigenvalue weighted by Gasteiger charge is 2.14. The summed E-state index contributed by atoms with van der Waals surface area (Å²) in [4.78, 5) is 14.1. The Kier molecular flexibility index (Phi) is 5.29. The standard InChI is InChI=1S/C14H20FNO/c1-4-9-16(11(2)3)10-14(17)12-5-7-13(15)8-6-12/h5-8,11H,4,9-10H2,1-3H3. The van der Waals surface area contributed by atoms with Crippen LogP contribution in [0.5, 0.6) is 0 Å². The van der Waals surface area contributed by atoms with E-state index < -0.39 is 0 Å². The molecule has 0 spiro atoms. The molecular formula is C14H20FNO. The average molecular weight is 237 g/mol. The fourth-order valence-corrected chi connectivity index (χ4v) is 1.72. The normalized spacial score (nSPS) is 11.2. The van der Waals surface area contributed by atoms with E-state index in [1.807, 2.05) is 0 Å². The number of ketones is 1. The Morgan fingerprint density at radius 3 is 2.35 bits per heavy atom. The molecule has 1 aromatic carbocycles. The number of carbonyl (C=O) groups excluding carboxylic acids is 1. The summed E-state index contributed by atoms with van der Waals surface area (Å²) in [6, 6.07) is 6.09. The summed E-state index contributed by atoms with van der Waals surface area (Å²) in [5, 5.41) is 0. The Morgan fingerprint density at radius 2 is 1.88 bits per heavy atom. The first-order chi connectivity index (χ1) is 8.04. The maximum Gasteiger partial charge on any atom is 0.176 e. The first kappa shape index (κ1) is 13.8. The van der Waals surface area contributed by atoms with Crippen molar-refractivity contribution >= 4 is 5.78 Å². The van der Waals surface area contributed by atoms with Gasteiger partial charge in [0.1, 0.15) is 5.82 Å². The van der Waals surface area contributed by atoms with Crippen LogP contribution in [0, 0.1) is 5.82 Å². The van der Waals surface area contributed by atoms with E-state index >= 15 is 0 Å². The maximum atomic E-state index is 12.7. The van der Waals surface area contributed by atoms with E-state index in [1.165, 1.54) is 12.1 Å². The summed E-state index contributed by atoms with van der Waals surface area (Å²) in [5.74, 6) is -0.261. The van der Waals surface area contributed by atoms with E-state index in [9.17, 15) is 9.18 Å². The topological polar surface area (TPSA) is 20.3 Å². The first-order valence-corrected chi connectivity index (χ1v) is 6.07. The van der Waals surface area contributed by atoms with E-state index in [1.54, 1.807) is 12.1 Å². The van der Waals surface area contributed by atoms with E-state index in [0.717, 1.165) is 13.0 Å². The van der Waals surface area contributed by atoms with Crippen molar-refractivity contribution in [3.63, 3.8) is 0 Å². The van der Waals surface area contributed by atoms with Crippen LogP contribution in [-0.4, -0.2) is 29.8 Å². The van der Waals surface area contributed by atoms with E-state index in [0.29, 0.717) is 18.2 Å². The van der Waals surface area contributed by atoms with E-state index in [-0.39, 0.29) is 11.6 Å². The van der Waals surface area contributed by atoms with Crippen LogP contribution in [0.2, 0.25) is 0 Å². The highest BCUT2D eigenvalue weighted by Crippen LogP contribution is 2.07. The molecule has 2 nitrogen and oxygen atoms in total. The zero-order valence-electron chi connectivity index (χ0n) is 10.7. The number of carbonyl (C=O) groups is 1. The Bertz CT molecular complexity index is 359. The van der Waals surface area contributed by atoms with Gasteiger partial charge in [0, 0.05) is 11.6 Å². The Hall–Kier alpha value is -1.22. The van der Waals surface area contributed by atoms with Crippen LogP contribution in [0.1, 0.15) is 37.6 Å². The van der Waals surface area contributed by atoms with Gasteiger partial charge in [-0.15, -0.1) is 0 Å². The molecule has 0 fully saturated rings. The van der Waals surface area contributed by atoms with Crippen LogP contribution < -0.4 is 0 Å². The molecule has 0 N–H and O–H groups in total. The first-order valence-electron chi connectivity index (χ1n) is 6.07. The molecule has 1 rings (SSSR count). The second kappa shape index (κ2) is 6.50. The monoisotopic (exact) mass is 237 g/mol. The van der Waals surface area contributed by atoms with Gasteiger partial charge in [-0.3, -0.25) is 9.69 Å². The van der Waals surface area contributed by atoms with Crippen LogP contribution in [0.15, 0.2) is 24.3 Å². The van der Waals surface area contributed by atoms with Crippen LogP contribution >= 0.6 is 0 Å². The number of nitrogens with zero attached hydrogens (tertiary/aromatic N) is 1. The molecule has 0 bridgehead atoms. The molecule has 0 amide bonds. The predicted molar refractivity (Wildman–Crippen MR) is 67.7 cm³/mol. The zero-order chi connectivity index (χ0) is 12.8. The Balaban J connectivity index is 2.66. The van der Waals surface area contributed by atoms with Gasteiger partial charge in [0.15, 0.2) is 5.78 Å². The van der Waals surface area contributed by atoms with Crippen LogP contribution in [0.4, 0.5) is 4.39 Å². The molecule has 0 aliphatic rings. The minimum Gasteiger partial charge on any atom is -0.293 e. The largest absolute Gasteiger partial charge is 0.293 e. The molecule has 0 radical (unpaired) electrons. The van der Waals surface area contributed by atoms with Gasteiger partial charge in [0.25, 0.3) is 0 Å². The Morgan fingerprint density at radius 1 is 1.29 bits per heavy atom. The summed E-state index contributed by atoms with van der Waals surface area (Å²) in [6.07, 6.45) is 1.02. The molecular weight excluding hydrogens is 217 g/mol. The van der Waals surface area contributed by atoms with Gasteiger partial charge in [-0.2, -0.15) is 0 Å². The zero-order valence-corrected chi connectivity index (χ0v) is 10.7. The number of rotatable bonds is 6. The van der Waals surface area contributed by atoms with Crippen LogP contribution in [-0.2, 0) is 0 Å². The SMILES string of the molecule is CCCN(CC(=O)c1ccc(F)cc1)C(C)C. The Labute approximate surface area is 102 Å². The summed E-state index contributed by atoms with van der Waals surface area (Å²) in [5.41, 5.74) is 0.577. The average Bonchev–Trinajstić information content (AvgIpc) is 2.29. The predicted octanol–water partition coefficient (Wildman–Crippen LogP) is 3.13. The summed E-state index contributed by atoms with van der Waals surface area (Å²) in [7, 11) is 0. The molecule has 94 valence electrons. The lowest BCUT2D eigenvalue weighted by Crippen LogP contribution is -2.36. The second-order valence-electron chi connectivity index (χ2n) is 4.49. The maximum absolute atomic E-state index is 12.7. The van der Waals surface area contributed by atoms with Crippen molar-refractivity contribution in [2.45, 2.75) is 33.2 Å². The fourth-order valence-electron chi connectivity index (χ4n) is 1.72. The minimum absolute atomic E-state index is 0.0483. The lowest BCUT2D eigenvalue weighted by molar-refractivity contribution is 0.0906. The van der Waals surface area contributed by atoms with Crippen molar-refractivity contribution in [1.82, 2.24) is 4.90 Å². The van der Waals surface area contributed by atoms with Crippen LogP contribution in [0.25, 0.3) is 0 Å². The summed E-state index contributed by atoms with van der Waals surface area (Å²) in [6.45, 7) is 7.56. The fraction of sp³-hybridized carbons (Fsp3) is 0.500. The molecule has 0 unspecified atom stereocenters. The van der Waals surface area contributed by atoms with Crippen molar-refractivity contribution < 1.29 is 9.18 Å². The van der Waals surface area contributed by atoms with E-state index in [2.05, 4.69) is 25.7 Å².